The van der Waals surface area contributed by atoms with Gasteiger partial charge in [0.25, 0.3) is 6.01 Å². The number of halogens is 3. The van der Waals surface area contributed by atoms with Crippen LogP contribution in [0.2, 0.25) is 0 Å². The minimum Gasteiger partial charge on any atom is -0.474 e. The highest BCUT2D eigenvalue weighted by molar-refractivity contribution is 5.75. The maximum atomic E-state index is 12.5. The molecule has 1 aliphatic heterocycles. The number of fused-ring (bicyclic) bond motifs is 3. The van der Waals surface area contributed by atoms with Crippen molar-refractivity contribution >= 4 is 11.0 Å². The highest BCUT2D eigenvalue weighted by Gasteiger charge is 2.31. The van der Waals surface area contributed by atoms with Crippen molar-refractivity contribution < 1.29 is 22.6 Å². The van der Waals surface area contributed by atoms with Crippen LogP contribution in [-0.4, -0.2) is 32.2 Å². The summed E-state index contributed by atoms with van der Waals surface area (Å²) in [5, 5.41) is 0. The lowest BCUT2D eigenvalue weighted by atomic mass is 10.3. The van der Waals surface area contributed by atoms with E-state index in [9.17, 15) is 13.2 Å². The molecule has 0 aromatic carbocycles. The Balaban J connectivity index is 1.40. The van der Waals surface area contributed by atoms with E-state index >= 15 is 0 Å². The van der Waals surface area contributed by atoms with Crippen molar-refractivity contribution in [2.45, 2.75) is 18.8 Å². The van der Waals surface area contributed by atoms with Crippen LogP contribution in [0, 0.1) is 0 Å². The molecule has 0 radical (unpaired) electrons. The van der Waals surface area contributed by atoms with E-state index in [1.807, 2.05) is 10.6 Å². The molecule has 3 aromatic rings. The molecule has 0 N–H and O–H groups in total. The Labute approximate surface area is 133 Å². The van der Waals surface area contributed by atoms with Gasteiger partial charge in [-0.2, -0.15) is 18.2 Å². The first-order valence-electron chi connectivity index (χ1n) is 7.13. The Hall–Kier alpha value is -2.84. The minimum absolute atomic E-state index is 0.116. The van der Waals surface area contributed by atoms with Gasteiger partial charge in [0.2, 0.25) is 5.88 Å². The van der Waals surface area contributed by atoms with E-state index in [1.165, 1.54) is 6.07 Å². The number of nitrogens with zero attached hydrogens (tertiary/aromatic N) is 4. The van der Waals surface area contributed by atoms with Crippen LogP contribution in [0.25, 0.3) is 11.0 Å². The minimum atomic E-state index is -4.41. The first kappa shape index (κ1) is 14.7. The molecule has 0 amide bonds. The van der Waals surface area contributed by atoms with E-state index in [-0.39, 0.29) is 18.6 Å². The fraction of sp³-hybridized carbons (Fsp3) is 0.267. The molecule has 6 nitrogen and oxygen atoms in total. The molecule has 0 saturated heterocycles. The fourth-order valence-electron chi connectivity index (χ4n) is 2.51. The molecule has 124 valence electrons. The molecule has 9 heteroatoms. The third-order valence-corrected chi connectivity index (χ3v) is 3.65. The van der Waals surface area contributed by atoms with E-state index in [0.29, 0.717) is 12.6 Å². The van der Waals surface area contributed by atoms with Gasteiger partial charge in [-0.25, -0.2) is 4.98 Å². The number of imidazole rings is 1. The number of pyridine rings is 2. The fourth-order valence-corrected chi connectivity index (χ4v) is 2.51. The van der Waals surface area contributed by atoms with Gasteiger partial charge in [0.1, 0.15) is 12.1 Å². The molecule has 4 rings (SSSR count). The zero-order valence-electron chi connectivity index (χ0n) is 12.2. The van der Waals surface area contributed by atoms with Crippen molar-refractivity contribution in [2.75, 3.05) is 6.61 Å². The number of alkyl halides is 3. The second kappa shape index (κ2) is 5.36. The Morgan fingerprint density at radius 3 is 2.88 bits per heavy atom. The summed E-state index contributed by atoms with van der Waals surface area (Å²) >= 11 is 0. The van der Waals surface area contributed by atoms with Crippen molar-refractivity contribution in [3.8, 4) is 11.9 Å². The first-order valence-corrected chi connectivity index (χ1v) is 7.13. The molecule has 0 fully saturated rings. The van der Waals surface area contributed by atoms with E-state index < -0.39 is 11.7 Å². The third-order valence-electron chi connectivity index (χ3n) is 3.65. The quantitative estimate of drug-likeness (QED) is 0.736. The van der Waals surface area contributed by atoms with E-state index in [1.54, 1.807) is 12.4 Å². The molecule has 0 unspecified atom stereocenters. The van der Waals surface area contributed by atoms with E-state index in [0.717, 1.165) is 23.3 Å². The van der Waals surface area contributed by atoms with Gasteiger partial charge in [0, 0.05) is 18.5 Å². The molecule has 0 spiro atoms. The summed E-state index contributed by atoms with van der Waals surface area (Å²) in [6.07, 6.45) is -0.620. The van der Waals surface area contributed by atoms with Gasteiger partial charge in [0.15, 0.2) is 6.10 Å². The topological polar surface area (TPSA) is 62.1 Å². The van der Waals surface area contributed by atoms with Crippen molar-refractivity contribution in [2.24, 2.45) is 0 Å². The molecular formula is C15H11F3N4O2. The van der Waals surface area contributed by atoms with Crippen LogP contribution in [0.1, 0.15) is 5.56 Å². The largest absolute Gasteiger partial charge is 0.474 e. The van der Waals surface area contributed by atoms with Crippen LogP contribution in [0.3, 0.4) is 0 Å². The molecule has 0 saturated carbocycles. The van der Waals surface area contributed by atoms with Gasteiger partial charge in [-0.3, -0.25) is 9.55 Å². The smallest absolute Gasteiger partial charge is 0.417 e. The van der Waals surface area contributed by atoms with Crippen molar-refractivity contribution in [1.82, 2.24) is 19.5 Å². The molecule has 24 heavy (non-hydrogen) atoms. The molecule has 1 aliphatic rings. The van der Waals surface area contributed by atoms with Gasteiger partial charge in [-0.1, -0.05) is 0 Å². The van der Waals surface area contributed by atoms with Gasteiger partial charge in [-0.15, -0.1) is 0 Å². The second-order valence-corrected chi connectivity index (χ2v) is 5.30. The molecule has 3 aromatic heterocycles. The highest BCUT2D eigenvalue weighted by Crippen LogP contribution is 2.30. The SMILES string of the molecule is FC(F)(F)c1ccc(OC[C@@H]2Cn3c(nc4cnccc43)O2)nc1. The molecular weight excluding hydrogens is 325 g/mol. The average Bonchev–Trinajstić information content (AvgIpc) is 3.10. The average molecular weight is 336 g/mol. The van der Waals surface area contributed by atoms with Crippen LogP contribution in [0.5, 0.6) is 11.9 Å². The van der Waals surface area contributed by atoms with E-state index in [4.69, 9.17) is 9.47 Å². The lowest BCUT2D eigenvalue weighted by molar-refractivity contribution is -0.137. The molecule has 1 atom stereocenters. The lowest BCUT2D eigenvalue weighted by Crippen LogP contribution is -2.24. The summed E-state index contributed by atoms with van der Waals surface area (Å²) in [7, 11) is 0. The number of aromatic nitrogens is 4. The predicted octanol–water partition coefficient (Wildman–Crippen LogP) is 2.69. The summed E-state index contributed by atoms with van der Waals surface area (Å²) < 4.78 is 50.4. The summed E-state index contributed by atoms with van der Waals surface area (Å²) in [6.45, 7) is 0.699. The standard InChI is InChI=1S/C15H11F3N4O2/c16-15(17,18)9-1-2-13(20-5-9)23-8-10-7-22-12-3-4-19-6-11(12)21-14(22)24-10/h1-6,10H,7-8H2/t10-/m0/s1. The maximum Gasteiger partial charge on any atom is 0.417 e. The number of hydrogen-bond donors (Lipinski definition) is 0. The van der Waals surface area contributed by atoms with Crippen LogP contribution in [-0.2, 0) is 12.7 Å². The summed E-state index contributed by atoms with van der Waals surface area (Å²) in [5.74, 6) is 0.116. The summed E-state index contributed by atoms with van der Waals surface area (Å²) in [5.41, 5.74) is 0.846. The summed E-state index contributed by atoms with van der Waals surface area (Å²) in [4.78, 5) is 12.0. The monoisotopic (exact) mass is 336 g/mol. The van der Waals surface area contributed by atoms with Crippen molar-refractivity contribution in [3.05, 3.63) is 42.4 Å². The van der Waals surface area contributed by atoms with Gasteiger partial charge in [-0.05, 0) is 12.1 Å². The normalized spacial score (nSPS) is 16.9. The van der Waals surface area contributed by atoms with Crippen molar-refractivity contribution in [1.29, 1.82) is 0 Å². The Kier molecular flexibility index (Phi) is 3.29. The molecule has 0 bridgehead atoms. The van der Waals surface area contributed by atoms with Gasteiger partial charge >= 0.3 is 6.18 Å². The third kappa shape index (κ3) is 2.61. The Morgan fingerprint density at radius 2 is 2.12 bits per heavy atom. The second-order valence-electron chi connectivity index (χ2n) is 5.30. The van der Waals surface area contributed by atoms with E-state index in [2.05, 4.69) is 15.0 Å². The van der Waals surface area contributed by atoms with Crippen LogP contribution in [0.4, 0.5) is 13.2 Å². The zero-order valence-corrected chi connectivity index (χ0v) is 12.2. The first-order chi connectivity index (χ1) is 11.5. The molecule has 0 aliphatic carbocycles. The maximum absolute atomic E-state index is 12.5. The molecule has 4 heterocycles. The lowest BCUT2D eigenvalue weighted by Gasteiger charge is -2.11. The van der Waals surface area contributed by atoms with Gasteiger partial charge < -0.3 is 9.47 Å². The summed E-state index contributed by atoms with van der Waals surface area (Å²) in [6, 6.07) is 4.45. The van der Waals surface area contributed by atoms with Crippen LogP contribution in [0.15, 0.2) is 36.8 Å². The number of rotatable bonds is 3. The Bertz CT molecular complexity index is 877. The predicted molar refractivity (Wildman–Crippen MR) is 76.7 cm³/mol. The number of ether oxygens (including phenoxy) is 2. The van der Waals surface area contributed by atoms with Crippen LogP contribution < -0.4 is 9.47 Å². The number of hydrogen-bond acceptors (Lipinski definition) is 5. The van der Waals surface area contributed by atoms with Crippen LogP contribution >= 0.6 is 0 Å². The zero-order chi connectivity index (χ0) is 16.7. The Morgan fingerprint density at radius 1 is 1.25 bits per heavy atom. The van der Waals surface area contributed by atoms with Gasteiger partial charge in [0.05, 0.1) is 23.8 Å². The van der Waals surface area contributed by atoms with Crippen molar-refractivity contribution in [3.63, 3.8) is 0 Å². The highest BCUT2D eigenvalue weighted by atomic mass is 19.4.